The molecule has 2 heterocycles. The molecule has 0 bridgehead atoms. The van der Waals surface area contributed by atoms with Crippen LogP contribution >= 0.6 is 0 Å². The van der Waals surface area contributed by atoms with Crippen molar-refractivity contribution in [1.82, 2.24) is 14.5 Å². The molecule has 1 aromatic rings. The average molecular weight is 285 g/mol. The van der Waals surface area contributed by atoms with E-state index in [-0.39, 0.29) is 0 Å². The number of alkyl halides is 1. The van der Waals surface area contributed by atoms with Crippen molar-refractivity contribution in [2.24, 2.45) is 0 Å². The molecule has 5 atom stereocenters. The number of rotatable bonds is 2. The number of halogens is 1. The van der Waals surface area contributed by atoms with Crippen molar-refractivity contribution in [3.05, 3.63) is 27.3 Å². The summed E-state index contributed by atoms with van der Waals surface area (Å²) in [5.41, 5.74) is -4.65. The Morgan fingerprint density at radius 3 is 2.85 bits per heavy atom. The van der Waals surface area contributed by atoms with Crippen LogP contribution < -0.4 is 11.4 Å². The number of aromatic nitrogens is 3. The maximum atomic E-state index is 14.7. The predicted molar refractivity (Wildman–Crippen MR) is 63.4 cm³/mol. The predicted octanol–water partition coefficient (Wildman–Crippen LogP) is -2.09. The van der Waals surface area contributed by atoms with Crippen LogP contribution in [0.1, 0.15) is 13.2 Å². The van der Waals surface area contributed by atoms with Crippen LogP contribution in [0.3, 0.4) is 0 Å². The Balaban J connectivity index is 2.53. The first kappa shape index (κ1) is 14.4. The Morgan fingerprint density at radius 2 is 2.35 bits per heavy atom. The smallest absolute Gasteiger partial charge is 0.350 e. The first-order valence-electron chi connectivity index (χ1n) is 5.67. The minimum Gasteiger partial charge on any atom is -0.391 e. The van der Waals surface area contributed by atoms with Gasteiger partial charge in [-0.2, -0.15) is 4.98 Å². The number of nitrogens with one attached hydrogen (secondary N) is 1. The van der Waals surface area contributed by atoms with E-state index in [0.29, 0.717) is 4.57 Å². The molecule has 0 saturated carbocycles. The van der Waals surface area contributed by atoms with Gasteiger partial charge in [0.2, 0.25) is 5.67 Å². The number of H-pyrrole nitrogens is 1. The topological polar surface area (TPSA) is 117 Å². The third kappa shape index (κ3) is 2.03. The van der Waals surface area contributed by atoms with Crippen LogP contribution in [-0.2, 0) is 4.74 Å². The lowest BCUT2D eigenvalue weighted by molar-refractivity contribution is -0.0807. The lowest BCUT2D eigenvalue weighted by Crippen LogP contribution is -2.46. The summed E-state index contributed by atoms with van der Waals surface area (Å²) in [6.07, 6.45) is -0.250. The molecule has 9 heteroatoms. The van der Waals surface area contributed by atoms with E-state index in [1.54, 1.807) is 5.92 Å². The normalized spacial score (nSPS) is 34.6. The van der Waals surface area contributed by atoms with Crippen LogP contribution in [0, 0.1) is 12.3 Å². The molecule has 0 aliphatic carbocycles. The molecule has 108 valence electrons. The summed E-state index contributed by atoms with van der Waals surface area (Å²) >= 11 is 0. The Labute approximate surface area is 111 Å². The Hall–Kier alpha value is -2.02. The van der Waals surface area contributed by atoms with E-state index >= 15 is 0 Å². The van der Waals surface area contributed by atoms with Crippen LogP contribution in [0.5, 0.6) is 0 Å². The molecule has 0 spiro atoms. The van der Waals surface area contributed by atoms with Gasteiger partial charge in [0, 0.05) is 0 Å². The fraction of sp³-hybridized carbons (Fsp3) is 0.545. The first-order valence-corrected chi connectivity index (χ1v) is 5.67. The van der Waals surface area contributed by atoms with Gasteiger partial charge >= 0.3 is 11.4 Å². The molecule has 0 radical (unpaired) electrons. The molecule has 2 rings (SSSR count). The maximum absolute atomic E-state index is 14.7. The van der Waals surface area contributed by atoms with Crippen molar-refractivity contribution in [2.75, 3.05) is 0 Å². The number of aliphatic hydroxyl groups excluding tert-OH is 2. The van der Waals surface area contributed by atoms with Gasteiger partial charge in [0.15, 0.2) is 6.23 Å². The Morgan fingerprint density at radius 1 is 1.70 bits per heavy atom. The average Bonchev–Trinajstić information content (AvgIpc) is 2.64. The van der Waals surface area contributed by atoms with Crippen molar-refractivity contribution in [3.63, 3.8) is 0 Å². The second-order valence-corrected chi connectivity index (χ2v) is 4.44. The Bertz CT molecular complexity index is 663. The van der Waals surface area contributed by atoms with Crippen molar-refractivity contribution in [2.45, 2.75) is 37.1 Å². The standard InChI is InChI=1S/C11H12FN3O5/c1-3-11(12)7(17)6(5(2)16)20-8(11)15-4-13-9(18)14-10(15)19/h1,4-8,16-17H,2H3,(H,14,18,19)/t5-,6+,7?,8+,11+/m0/s1. The molecule has 1 unspecified atom stereocenters. The fourth-order valence-corrected chi connectivity index (χ4v) is 2.03. The zero-order valence-corrected chi connectivity index (χ0v) is 10.4. The summed E-state index contributed by atoms with van der Waals surface area (Å²) in [6.45, 7) is 1.28. The summed E-state index contributed by atoms with van der Waals surface area (Å²) in [5, 5.41) is 19.3. The molecular formula is C11H12FN3O5. The highest BCUT2D eigenvalue weighted by Gasteiger charge is 2.59. The highest BCUT2D eigenvalue weighted by molar-refractivity contribution is 5.20. The van der Waals surface area contributed by atoms with E-state index in [1.165, 1.54) is 6.92 Å². The van der Waals surface area contributed by atoms with Gasteiger partial charge < -0.3 is 14.9 Å². The highest BCUT2D eigenvalue weighted by Crippen LogP contribution is 2.41. The largest absolute Gasteiger partial charge is 0.391 e. The fourth-order valence-electron chi connectivity index (χ4n) is 2.03. The SMILES string of the molecule is C#C[C@@]1(F)C(O)[C@@H]([C@H](C)O)O[C@H]1n1cnc(=O)[nH]c1=O. The third-order valence-corrected chi connectivity index (χ3v) is 3.08. The molecular weight excluding hydrogens is 273 g/mol. The Kier molecular flexibility index (Phi) is 3.47. The number of hydrogen-bond acceptors (Lipinski definition) is 6. The number of aromatic amines is 1. The number of hydrogen-bond donors (Lipinski definition) is 3. The van der Waals surface area contributed by atoms with Crippen molar-refractivity contribution in [1.29, 1.82) is 0 Å². The number of ether oxygens (including phenoxy) is 1. The van der Waals surface area contributed by atoms with Crippen molar-refractivity contribution < 1.29 is 19.3 Å². The monoisotopic (exact) mass is 285 g/mol. The van der Waals surface area contributed by atoms with E-state index in [9.17, 15) is 24.2 Å². The lowest BCUT2D eigenvalue weighted by atomic mass is 9.95. The summed E-state index contributed by atoms with van der Waals surface area (Å²) in [4.78, 5) is 27.6. The molecule has 0 amide bonds. The van der Waals surface area contributed by atoms with Gasteiger partial charge in [-0.25, -0.2) is 14.0 Å². The van der Waals surface area contributed by atoms with Crippen LogP contribution in [0.15, 0.2) is 15.9 Å². The molecule has 1 fully saturated rings. The van der Waals surface area contributed by atoms with E-state index in [2.05, 4.69) is 4.98 Å². The van der Waals surface area contributed by atoms with E-state index < -0.39 is 41.6 Å². The molecule has 0 aromatic carbocycles. The molecule has 20 heavy (non-hydrogen) atoms. The quantitative estimate of drug-likeness (QED) is 0.536. The molecule has 1 aliphatic heterocycles. The first-order chi connectivity index (χ1) is 9.31. The molecule has 1 aliphatic rings. The second-order valence-electron chi connectivity index (χ2n) is 4.44. The number of aliphatic hydroxyl groups is 2. The molecule has 8 nitrogen and oxygen atoms in total. The van der Waals surface area contributed by atoms with Gasteiger partial charge in [0.25, 0.3) is 0 Å². The van der Waals surface area contributed by atoms with E-state index in [1.807, 2.05) is 4.98 Å². The van der Waals surface area contributed by atoms with Crippen LogP contribution in [0.25, 0.3) is 0 Å². The summed E-state index contributed by atoms with van der Waals surface area (Å²) < 4.78 is 20.4. The zero-order valence-electron chi connectivity index (χ0n) is 10.4. The minimum atomic E-state index is -2.74. The van der Waals surface area contributed by atoms with Gasteiger partial charge in [-0.1, -0.05) is 5.92 Å². The lowest BCUT2D eigenvalue weighted by Gasteiger charge is -2.23. The summed E-state index contributed by atoms with van der Waals surface area (Å²) in [6, 6.07) is 0. The van der Waals surface area contributed by atoms with E-state index in [0.717, 1.165) is 6.33 Å². The van der Waals surface area contributed by atoms with Gasteiger partial charge in [0.05, 0.1) is 6.10 Å². The van der Waals surface area contributed by atoms with Gasteiger partial charge in [0.1, 0.15) is 18.5 Å². The summed E-state index contributed by atoms with van der Waals surface area (Å²) in [5.74, 6) is 1.73. The maximum Gasteiger partial charge on any atom is 0.350 e. The van der Waals surface area contributed by atoms with E-state index in [4.69, 9.17) is 11.2 Å². The summed E-state index contributed by atoms with van der Waals surface area (Å²) in [7, 11) is 0. The van der Waals surface area contributed by atoms with Crippen molar-refractivity contribution in [3.8, 4) is 12.3 Å². The van der Waals surface area contributed by atoms with Crippen LogP contribution in [-0.4, -0.2) is 48.7 Å². The number of nitrogens with zero attached hydrogens (tertiary/aromatic N) is 2. The van der Waals surface area contributed by atoms with Crippen molar-refractivity contribution >= 4 is 0 Å². The zero-order chi connectivity index (χ0) is 15.1. The highest BCUT2D eigenvalue weighted by atomic mass is 19.1. The van der Waals surface area contributed by atoms with Gasteiger partial charge in [-0.05, 0) is 6.92 Å². The molecule has 3 N–H and O–H groups in total. The molecule has 1 aromatic heterocycles. The van der Waals surface area contributed by atoms with Gasteiger partial charge in [-0.3, -0.25) is 9.55 Å². The third-order valence-electron chi connectivity index (χ3n) is 3.08. The van der Waals surface area contributed by atoms with Crippen LogP contribution in [0.4, 0.5) is 4.39 Å². The van der Waals surface area contributed by atoms with Gasteiger partial charge in [-0.15, -0.1) is 6.42 Å². The number of terminal acetylenes is 1. The molecule has 1 saturated heterocycles. The minimum absolute atomic E-state index is 0.618. The second kappa shape index (κ2) is 4.82. The van der Waals surface area contributed by atoms with Crippen LogP contribution in [0.2, 0.25) is 0 Å².